The minimum atomic E-state index is 0.944. The third kappa shape index (κ3) is 5.72. The average Bonchev–Trinajstić information content (AvgIpc) is 3.52. The molecule has 8 aromatic carbocycles. The molecule has 0 fully saturated rings. The van der Waals surface area contributed by atoms with Crippen molar-refractivity contribution in [3.8, 4) is 39.1 Å². The van der Waals surface area contributed by atoms with Crippen LogP contribution in [-0.2, 0) is 12.8 Å². The van der Waals surface area contributed by atoms with Crippen LogP contribution in [0.1, 0.15) is 38.9 Å². The van der Waals surface area contributed by atoms with E-state index in [-0.39, 0.29) is 0 Å². The Labute approximate surface area is 319 Å². The van der Waals surface area contributed by atoms with Crippen LogP contribution in [0.25, 0.3) is 71.6 Å². The van der Waals surface area contributed by atoms with E-state index in [0.717, 1.165) is 12.8 Å². The molecule has 0 radical (unpaired) electrons. The number of aromatic nitrogens is 1. The van der Waals surface area contributed by atoms with Crippen molar-refractivity contribution in [3.63, 3.8) is 0 Å². The summed E-state index contributed by atoms with van der Waals surface area (Å²) in [6, 6.07) is 58.8. The molecule has 1 aromatic heterocycles. The van der Waals surface area contributed by atoms with E-state index >= 15 is 0 Å². The molecule has 1 heteroatoms. The predicted molar refractivity (Wildman–Crippen MR) is 232 cm³/mol. The van der Waals surface area contributed by atoms with E-state index in [1.807, 2.05) is 0 Å². The van der Waals surface area contributed by atoms with Crippen molar-refractivity contribution in [3.05, 3.63) is 197 Å². The lowest BCUT2D eigenvalue weighted by Crippen LogP contribution is -2.01. The van der Waals surface area contributed by atoms with Gasteiger partial charge in [-0.15, -0.1) is 0 Å². The highest BCUT2D eigenvalue weighted by Gasteiger charge is 2.19. The van der Waals surface area contributed by atoms with Crippen molar-refractivity contribution >= 4 is 32.6 Å². The zero-order valence-corrected chi connectivity index (χ0v) is 31.9. The van der Waals surface area contributed by atoms with Gasteiger partial charge >= 0.3 is 0 Å². The lowest BCUT2D eigenvalue weighted by atomic mass is 9.87. The van der Waals surface area contributed by atoms with Crippen molar-refractivity contribution in [1.82, 2.24) is 4.57 Å². The Hall–Kier alpha value is -6.18. The summed E-state index contributed by atoms with van der Waals surface area (Å²) in [4.78, 5) is 0. The van der Waals surface area contributed by atoms with Crippen LogP contribution >= 0.6 is 0 Å². The van der Waals surface area contributed by atoms with Gasteiger partial charge in [0.1, 0.15) is 0 Å². The van der Waals surface area contributed by atoms with E-state index in [4.69, 9.17) is 0 Å². The molecule has 262 valence electrons. The summed E-state index contributed by atoms with van der Waals surface area (Å²) in [7, 11) is 0. The fourth-order valence-electron chi connectivity index (χ4n) is 8.95. The van der Waals surface area contributed by atoms with Gasteiger partial charge < -0.3 is 4.57 Å². The summed E-state index contributed by atoms with van der Waals surface area (Å²) in [5, 5.41) is 5.21. The summed E-state index contributed by atoms with van der Waals surface area (Å²) >= 11 is 0. The Morgan fingerprint density at radius 2 is 0.944 bits per heavy atom. The third-order valence-corrected chi connectivity index (χ3v) is 11.7. The molecule has 0 aliphatic carbocycles. The Kier molecular flexibility index (Phi) is 8.51. The van der Waals surface area contributed by atoms with Crippen molar-refractivity contribution in [1.29, 1.82) is 0 Å². The summed E-state index contributed by atoms with van der Waals surface area (Å²) in [6.07, 6.45) is 1.89. The van der Waals surface area contributed by atoms with Gasteiger partial charge in [-0.05, 0) is 143 Å². The summed E-state index contributed by atoms with van der Waals surface area (Å²) in [5.74, 6) is 0. The zero-order chi connectivity index (χ0) is 36.9. The number of aryl methyl sites for hydroxylation is 7. The molecule has 9 rings (SSSR count). The zero-order valence-electron chi connectivity index (χ0n) is 31.9. The van der Waals surface area contributed by atoms with Crippen LogP contribution in [0.3, 0.4) is 0 Å². The van der Waals surface area contributed by atoms with Crippen molar-refractivity contribution in [2.45, 2.75) is 47.5 Å². The van der Waals surface area contributed by atoms with Crippen LogP contribution in [0, 0.1) is 34.6 Å². The lowest BCUT2D eigenvalue weighted by Gasteiger charge is -2.18. The molecule has 9 aromatic rings. The molecule has 54 heavy (non-hydrogen) atoms. The molecule has 0 unspecified atom stereocenters. The number of rotatable bonds is 7. The first kappa shape index (κ1) is 33.6. The van der Waals surface area contributed by atoms with Gasteiger partial charge in [-0.2, -0.15) is 0 Å². The fourth-order valence-corrected chi connectivity index (χ4v) is 8.95. The van der Waals surface area contributed by atoms with Gasteiger partial charge in [-0.1, -0.05) is 140 Å². The Balaban J connectivity index is 1.19. The van der Waals surface area contributed by atoms with Crippen LogP contribution in [0.5, 0.6) is 0 Å². The van der Waals surface area contributed by atoms with Crippen LogP contribution in [0.15, 0.2) is 158 Å². The second kappa shape index (κ2) is 13.7. The maximum Gasteiger partial charge on any atom is 0.0547 e. The smallest absolute Gasteiger partial charge is 0.0547 e. The second-order valence-electron chi connectivity index (χ2n) is 15.1. The second-order valence-corrected chi connectivity index (χ2v) is 15.1. The molecule has 0 aliphatic rings. The van der Waals surface area contributed by atoms with Gasteiger partial charge in [0, 0.05) is 16.2 Å². The summed E-state index contributed by atoms with van der Waals surface area (Å²) in [5.41, 5.74) is 20.8. The number of benzene rings is 8. The molecule has 0 saturated carbocycles. The van der Waals surface area contributed by atoms with Gasteiger partial charge in [0.05, 0.1) is 16.7 Å². The highest BCUT2D eigenvalue weighted by molar-refractivity contribution is 6.13. The molecule has 0 spiro atoms. The first-order valence-corrected chi connectivity index (χ1v) is 19.2. The van der Waals surface area contributed by atoms with Crippen molar-refractivity contribution in [2.75, 3.05) is 0 Å². The fraction of sp³-hybridized carbons (Fsp3) is 0.132. The molecule has 1 nitrogen and oxygen atoms in total. The maximum absolute atomic E-state index is 2.51. The first-order chi connectivity index (χ1) is 26.4. The molecule has 0 atom stereocenters. The summed E-state index contributed by atoms with van der Waals surface area (Å²) in [6.45, 7) is 11.1. The highest BCUT2D eigenvalue weighted by Crippen LogP contribution is 2.40. The van der Waals surface area contributed by atoms with E-state index < -0.39 is 0 Å². The number of nitrogens with zero attached hydrogens (tertiary/aromatic N) is 1. The largest absolute Gasteiger partial charge is 0.309 e. The Bertz CT molecular complexity index is 2860. The van der Waals surface area contributed by atoms with E-state index in [1.165, 1.54) is 111 Å². The molecule has 1 heterocycles. The predicted octanol–water partition coefficient (Wildman–Crippen LogP) is 14.3. The van der Waals surface area contributed by atoms with E-state index in [2.05, 4.69) is 197 Å². The Morgan fingerprint density at radius 1 is 0.370 bits per heavy atom. The van der Waals surface area contributed by atoms with Gasteiger partial charge in [0.15, 0.2) is 0 Å². The molecular weight excluding hydrogens is 651 g/mol. The standard InChI is InChI=1S/C53H45N/c1-34-14-6-8-19-43(34)40-26-29-46(52-36(3)16-12-17-37(52)4)41(32-40)25-24-39-28-31-49(47-22-11-10-21-45(39)47)54-50-23-13-18-38(5)53(50)48-30-27-42(33-51(48)54)44-20-9-7-15-35(44)2/h6-23,26-33H,24-25H2,1-5H3. The van der Waals surface area contributed by atoms with Crippen LogP contribution in [0.2, 0.25) is 0 Å². The van der Waals surface area contributed by atoms with Crippen LogP contribution < -0.4 is 0 Å². The van der Waals surface area contributed by atoms with Crippen LogP contribution in [0.4, 0.5) is 0 Å². The number of hydrogen-bond acceptors (Lipinski definition) is 0. The lowest BCUT2D eigenvalue weighted by molar-refractivity contribution is 0.969. The molecular formula is C53H45N. The van der Waals surface area contributed by atoms with Gasteiger partial charge in [-0.3, -0.25) is 0 Å². The molecule has 0 bridgehead atoms. The minimum absolute atomic E-state index is 0.944. The monoisotopic (exact) mass is 695 g/mol. The minimum Gasteiger partial charge on any atom is -0.309 e. The number of hydrogen-bond donors (Lipinski definition) is 0. The first-order valence-electron chi connectivity index (χ1n) is 19.2. The van der Waals surface area contributed by atoms with Gasteiger partial charge in [0.25, 0.3) is 0 Å². The Morgan fingerprint density at radius 3 is 1.67 bits per heavy atom. The van der Waals surface area contributed by atoms with E-state index in [1.54, 1.807) is 0 Å². The maximum atomic E-state index is 2.51. The third-order valence-electron chi connectivity index (χ3n) is 11.7. The van der Waals surface area contributed by atoms with E-state index in [0.29, 0.717) is 0 Å². The molecule has 0 N–H and O–H groups in total. The molecule has 0 amide bonds. The van der Waals surface area contributed by atoms with E-state index in [9.17, 15) is 0 Å². The van der Waals surface area contributed by atoms with Gasteiger partial charge in [-0.25, -0.2) is 0 Å². The topological polar surface area (TPSA) is 4.93 Å². The SMILES string of the molecule is Cc1ccccc1-c1ccc(-c2c(C)cccc2C)c(CCc2ccc(-n3c4cc(-c5ccccc5C)ccc4c4c(C)cccc43)c3ccccc23)c1. The summed E-state index contributed by atoms with van der Waals surface area (Å²) < 4.78 is 2.51. The molecule has 0 saturated heterocycles. The van der Waals surface area contributed by atoms with Gasteiger partial charge in [0.2, 0.25) is 0 Å². The average molecular weight is 696 g/mol. The molecule has 0 aliphatic heterocycles. The van der Waals surface area contributed by atoms with Crippen molar-refractivity contribution < 1.29 is 0 Å². The number of fused-ring (bicyclic) bond motifs is 4. The van der Waals surface area contributed by atoms with Crippen LogP contribution in [-0.4, -0.2) is 4.57 Å². The highest BCUT2D eigenvalue weighted by atomic mass is 15.0. The van der Waals surface area contributed by atoms with Crippen molar-refractivity contribution in [2.24, 2.45) is 0 Å². The quantitative estimate of drug-likeness (QED) is 0.156. The normalized spacial score (nSPS) is 11.6.